The van der Waals surface area contributed by atoms with Gasteiger partial charge in [-0.15, -0.1) is 0 Å². The molecule has 1 aliphatic rings. The van der Waals surface area contributed by atoms with E-state index in [1.54, 1.807) is 6.07 Å². The van der Waals surface area contributed by atoms with Crippen LogP contribution in [-0.2, 0) is 0 Å². The first-order valence-corrected chi connectivity index (χ1v) is 10.5. The van der Waals surface area contributed by atoms with Gasteiger partial charge in [0.15, 0.2) is 0 Å². The van der Waals surface area contributed by atoms with Crippen LogP contribution in [0, 0.1) is 6.92 Å². The molecule has 26 heavy (non-hydrogen) atoms. The van der Waals surface area contributed by atoms with Crippen LogP contribution in [0.5, 0.6) is 0 Å². The highest BCUT2D eigenvalue weighted by atomic mass is 32.3. The fourth-order valence-corrected chi connectivity index (χ4v) is 5.26. The molecular formula is C19H22N2O4S. The number of hydrogen-bond acceptors (Lipinski definition) is 4. The number of hydrogen-bond donors (Lipinski definition) is 4. The summed E-state index contributed by atoms with van der Waals surface area (Å²) in [7, 11) is -2.43. The van der Waals surface area contributed by atoms with E-state index in [1.165, 1.54) is 0 Å². The first kappa shape index (κ1) is 17.2. The van der Waals surface area contributed by atoms with Crippen molar-refractivity contribution in [3.63, 3.8) is 0 Å². The smallest absolute Gasteiger partial charge is 0.250 e. The number of amides is 1. The van der Waals surface area contributed by atoms with Gasteiger partial charge in [0.1, 0.15) is 11.5 Å². The maximum absolute atomic E-state index is 12.0. The number of carbonyl (C=O) groups excluding carboxylic acids is 1. The molecule has 0 bridgehead atoms. The van der Waals surface area contributed by atoms with Crippen molar-refractivity contribution in [1.29, 1.82) is 0 Å². The third-order valence-electron chi connectivity index (χ3n) is 5.14. The molecular weight excluding hydrogens is 352 g/mol. The maximum Gasteiger partial charge on any atom is 0.250 e. The number of nitrogens with two attached hydrogens (primary N) is 1. The third-order valence-corrected chi connectivity index (χ3v) is 6.92. The van der Waals surface area contributed by atoms with E-state index < -0.39 is 16.5 Å². The summed E-state index contributed by atoms with van der Waals surface area (Å²) in [5.41, 5.74) is 8.64. The quantitative estimate of drug-likeness (QED) is 0.542. The van der Waals surface area contributed by atoms with Crippen LogP contribution in [0.1, 0.15) is 40.4 Å². The van der Waals surface area contributed by atoms with Crippen LogP contribution in [0.4, 0.5) is 0 Å². The number of carbonyl (C=O) groups is 1. The number of fused-ring (bicyclic) bond motifs is 1. The zero-order chi connectivity index (χ0) is 18.5. The largest absolute Gasteiger partial charge is 0.461 e. The lowest BCUT2D eigenvalue weighted by molar-refractivity contribution is 0.100. The molecule has 3 aromatic rings. The highest BCUT2D eigenvalue weighted by Gasteiger charge is 2.27. The molecule has 1 aliphatic heterocycles. The average molecular weight is 374 g/mol. The van der Waals surface area contributed by atoms with Gasteiger partial charge in [0.25, 0.3) is 5.91 Å². The number of aromatic nitrogens is 1. The summed E-state index contributed by atoms with van der Waals surface area (Å²) in [5, 5.41) is 0.939. The van der Waals surface area contributed by atoms with Crippen molar-refractivity contribution in [2.24, 2.45) is 5.73 Å². The molecule has 2 aromatic heterocycles. The number of furan rings is 1. The number of rotatable bonds is 3. The van der Waals surface area contributed by atoms with E-state index in [9.17, 15) is 13.9 Å². The third kappa shape index (κ3) is 3.02. The minimum atomic E-state index is -2.43. The molecule has 7 heteroatoms. The summed E-state index contributed by atoms with van der Waals surface area (Å²) in [4.78, 5) is 15.2. The Balaban J connectivity index is 1.83. The Morgan fingerprint density at radius 1 is 1.27 bits per heavy atom. The molecule has 1 amide bonds. The van der Waals surface area contributed by atoms with Crippen molar-refractivity contribution < 1.29 is 18.3 Å². The number of aromatic amines is 1. The molecule has 1 fully saturated rings. The SMILES string of the molecule is Cc1ccc(-c2cc(C(N)=O)c3[nH]cc(C4CCS(O)(O)CC4)c3c2)o1. The summed E-state index contributed by atoms with van der Waals surface area (Å²) in [6.45, 7) is 1.87. The Labute approximate surface area is 152 Å². The topological polar surface area (TPSA) is 112 Å². The molecule has 0 spiro atoms. The summed E-state index contributed by atoms with van der Waals surface area (Å²) >= 11 is 0. The van der Waals surface area contributed by atoms with Crippen molar-refractivity contribution in [2.75, 3.05) is 11.5 Å². The molecule has 6 nitrogen and oxygen atoms in total. The van der Waals surface area contributed by atoms with Gasteiger partial charge >= 0.3 is 0 Å². The van der Waals surface area contributed by atoms with Crippen LogP contribution in [0.25, 0.3) is 22.2 Å². The highest BCUT2D eigenvalue weighted by Crippen LogP contribution is 2.49. The standard InChI is InChI=1S/C19H22N2O4S/c1-11-2-3-17(25-11)13-8-14-16(12-4-6-26(23,24)7-5-12)10-21-18(14)15(9-13)19(20)22/h2-3,8-10,12,21,23-24H,4-7H2,1H3,(H2,20,22). The van der Waals surface area contributed by atoms with Crippen LogP contribution in [0.3, 0.4) is 0 Å². The number of H-pyrrole nitrogens is 1. The van der Waals surface area contributed by atoms with E-state index in [0.29, 0.717) is 35.7 Å². The van der Waals surface area contributed by atoms with Gasteiger partial charge in [-0.05, 0) is 55.5 Å². The summed E-state index contributed by atoms with van der Waals surface area (Å²) < 4.78 is 25.5. The zero-order valence-electron chi connectivity index (χ0n) is 14.5. The van der Waals surface area contributed by atoms with E-state index >= 15 is 0 Å². The number of benzene rings is 1. The van der Waals surface area contributed by atoms with E-state index in [0.717, 1.165) is 27.8 Å². The highest BCUT2D eigenvalue weighted by molar-refractivity contribution is 8.24. The zero-order valence-corrected chi connectivity index (χ0v) is 15.3. The van der Waals surface area contributed by atoms with Gasteiger partial charge in [-0.2, -0.15) is 10.6 Å². The predicted molar refractivity (Wildman–Crippen MR) is 104 cm³/mol. The molecule has 0 unspecified atom stereocenters. The molecule has 0 atom stereocenters. The molecule has 4 rings (SSSR count). The molecule has 1 aromatic carbocycles. The fraction of sp³-hybridized carbons (Fsp3) is 0.316. The van der Waals surface area contributed by atoms with Gasteiger partial charge in [-0.1, -0.05) is 0 Å². The van der Waals surface area contributed by atoms with E-state index in [1.807, 2.05) is 31.3 Å². The van der Waals surface area contributed by atoms with Crippen LogP contribution in [0.15, 0.2) is 34.9 Å². The second-order valence-corrected chi connectivity index (χ2v) is 9.37. The Bertz CT molecular complexity index is 979. The molecule has 5 N–H and O–H groups in total. The number of primary amides is 1. The average Bonchev–Trinajstić information content (AvgIpc) is 3.20. The van der Waals surface area contributed by atoms with E-state index in [4.69, 9.17) is 10.2 Å². The Morgan fingerprint density at radius 3 is 2.62 bits per heavy atom. The Morgan fingerprint density at radius 2 is 2.00 bits per heavy atom. The lowest BCUT2D eigenvalue weighted by Gasteiger charge is -2.39. The van der Waals surface area contributed by atoms with Gasteiger partial charge in [0.05, 0.1) is 11.1 Å². The molecule has 0 aliphatic carbocycles. The molecule has 138 valence electrons. The summed E-state index contributed by atoms with van der Waals surface area (Å²) in [6, 6.07) is 7.52. The molecule has 1 saturated heterocycles. The first-order chi connectivity index (χ1) is 12.3. The van der Waals surface area contributed by atoms with Crippen LogP contribution in [-0.4, -0.2) is 31.5 Å². The van der Waals surface area contributed by atoms with Crippen molar-refractivity contribution in [3.05, 3.63) is 47.3 Å². The van der Waals surface area contributed by atoms with Crippen LogP contribution in [0.2, 0.25) is 0 Å². The lowest BCUT2D eigenvalue weighted by atomic mass is 9.91. The second kappa shape index (κ2) is 6.19. The van der Waals surface area contributed by atoms with Gasteiger partial charge in [-0.3, -0.25) is 13.9 Å². The molecule has 3 heterocycles. The monoisotopic (exact) mass is 374 g/mol. The Kier molecular flexibility index (Phi) is 4.10. The van der Waals surface area contributed by atoms with Crippen molar-refractivity contribution >= 4 is 27.4 Å². The van der Waals surface area contributed by atoms with E-state index in [2.05, 4.69) is 4.98 Å². The maximum atomic E-state index is 12.0. The summed E-state index contributed by atoms with van der Waals surface area (Å²) in [5.74, 6) is 2.06. The van der Waals surface area contributed by atoms with E-state index in [-0.39, 0.29) is 5.92 Å². The minimum Gasteiger partial charge on any atom is -0.461 e. The molecule has 0 saturated carbocycles. The number of nitrogens with one attached hydrogen (secondary N) is 1. The second-order valence-electron chi connectivity index (χ2n) is 6.95. The van der Waals surface area contributed by atoms with Crippen molar-refractivity contribution in [2.45, 2.75) is 25.7 Å². The first-order valence-electron chi connectivity index (χ1n) is 8.59. The Hall–Kier alpha value is -2.22. The van der Waals surface area contributed by atoms with Crippen LogP contribution >= 0.6 is 10.6 Å². The lowest BCUT2D eigenvalue weighted by Crippen LogP contribution is -2.19. The van der Waals surface area contributed by atoms with Gasteiger partial charge < -0.3 is 15.1 Å². The normalized spacial score (nSPS) is 18.9. The van der Waals surface area contributed by atoms with Gasteiger partial charge in [0.2, 0.25) is 0 Å². The molecule has 0 radical (unpaired) electrons. The predicted octanol–water partition coefficient (Wildman–Crippen LogP) is 4.46. The minimum absolute atomic E-state index is 0.220. The van der Waals surface area contributed by atoms with Gasteiger partial charge in [0, 0.05) is 28.7 Å². The van der Waals surface area contributed by atoms with Crippen molar-refractivity contribution in [3.8, 4) is 11.3 Å². The fourth-order valence-electron chi connectivity index (χ4n) is 3.74. The van der Waals surface area contributed by atoms with Crippen molar-refractivity contribution in [1.82, 2.24) is 4.98 Å². The number of aryl methyl sites for hydroxylation is 1. The van der Waals surface area contributed by atoms with Gasteiger partial charge in [-0.25, -0.2) is 0 Å². The van der Waals surface area contributed by atoms with Crippen LogP contribution < -0.4 is 5.73 Å². The summed E-state index contributed by atoms with van der Waals surface area (Å²) in [6.07, 6.45) is 3.34.